The van der Waals surface area contributed by atoms with Crippen molar-refractivity contribution in [3.8, 4) is 22.9 Å². The van der Waals surface area contributed by atoms with Gasteiger partial charge >= 0.3 is 0 Å². The molecule has 0 aromatic rings. The van der Waals surface area contributed by atoms with Crippen LogP contribution in [0.25, 0.3) is 0 Å². The maximum Gasteiger partial charge on any atom is 0.163 e. The van der Waals surface area contributed by atoms with Crippen molar-refractivity contribution >= 4 is 16.1 Å². The monoisotopic (exact) mass is 362 g/mol. The molecule has 1 aliphatic heterocycles. The lowest BCUT2D eigenvalue weighted by atomic mass is 10.1. The quantitative estimate of drug-likeness (QED) is 0.483. The second-order valence-electron chi connectivity index (χ2n) is 9.56. The Kier molecular flexibility index (Phi) is 6.39. The minimum atomic E-state index is -1.62. The molecule has 0 aromatic carbocycles. The van der Waals surface area contributed by atoms with Gasteiger partial charge < -0.3 is 9.47 Å². The first-order valence-electron chi connectivity index (χ1n) is 8.71. The van der Waals surface area contributed by atoms with Crippen molar-refractivity contribution in [3.63, 3.8) is 0 Å². The summed E-state index contributed by atoms with van der Waals surface area (Å²) in [5.74, 6) is 6.10. The Labute approximate surface area is 151 Å². The van der Waals surface area contributed by atoms with E-state index in [1.807, 2.05) is 19.9 Å². The van der Waals surface area contributed by atoms with Crippen LogP contribution in [0.5, 0.6) is 0 Å². The zero-order valence-corrected chi connectivity index (χ0v) is 19.2. The van der Waals surface area contributed by atoms with Crippen molar-refractivity contribution in [1.29, 1.82) is 0 Å². The minimum Gasteiger partial charge on any atom is -0.347 e. The molecule has 0 spiro atoms. The van der Waals surface area contributed by atoms with E-state index in [0.29, 0.717) is 6.61 Å². The summed E-state index contributed by atoms with van der Waals surface area (Å²) >= 11 is 0. The molecule has 0 bridgehead atoms. The van der Waals surface area contributed by atoms with E-state index in [1.54, 1.807) is 0 Å². The highest BCUT2D eigenvalue weighted by Gasteiger charge is 2.35. The van der Waals surface area contributed by atoms with Crippen molar-refractivity contribution in [2.24, 2.45) is 0 Å². The standard InChI is InChI=1S/C20H34O2Si2/c1-19(2,3)24(9,10)14-11-12-17(13-15-23(6,7)8)18-16-21-20(4,5)22-18/h12,18H,16H2,1-10H3/b17-12-/t18-/m0/s1. The van der Waals surface area contributed by atoms with Gasteiger partial charge in [-0.1, -0.05) is 65.3 Å². The van der Waals surface area contributed by atoms with E-state index >= 15 is 0 Å². The molecule has 0 saturated carbocycles. The first kappa shape index (κ1) is 21.3. The predicted octanol–water partition coefficient (Wildman–Crippen LogP) is 5.00. The SMILES string of the molecule is CC1(C)OC[C@@H](/C(C#C[Si](C)(C)C)=C\C#C[Si](C)(C)C(C)(C)C)O1. The first-order valence-corrected chi connectivity index (χ1v) is 15.2. The van der Waals surface area contributed by atoms with E-state index < -0.39 is 21.9 Å². The minimum absolute atomic E-state index is 0.113. The Morgan fingerprint density at radius 1 is 1.08 bits per heavy atom. The topological polar surface area (TPSA) is 18.5 Å². The van der Waals surface area contributed by atoms with Crippen molar-refractivity contribution in [2.45, 2.75) is 84.3 Å². The summed E-state index contributed by atoms with van der Waals surface area (Å²) in [6.45, 7) is 22.6. The molecule has 1 saturated heterocycles. The summed E-state index contributed by atoms with van der Waals surface area (Å²) in [6, 6.07) is 0. The molecule has 1 atom stereocenters. The zero-order chi connectivity index (χ0) is 18.8. The Hall–Kier alpha value is -0.786. The first-order chi connectivity index (χ1) is 10.6. The molecule has 1 rings (SSSR count). The van der Waals surface area contributed by atoms with Crippen LogP contribution < -0.4 is 0 Å². The summed E-state index contributed by atoms with van der Waals surface area (Å²) in [5.41, 5.74) is 7.92. The Morgan fingerprint density at radius 2 is 1.67 bits per heavy atom. The van der Waals surface area contributed by atoms with Gasteiger partial charge in [-0.25, -0.2) is 0 Å². The number of ether oxygens (including phenoxy) is 2. The Balaban J connectivity index is 3.13. The average Bonchev–Trinajstić information content (AvgIpc) is 2.71. The Morgan fingerprint density at radius 3 is 2.08 bits per heavy atom. The molecule has 0 aromatic heterocycles. The van der Waals surface area contributed by atoms with Crippen LogP contribution in [0.2, 0.25) is 37.8 Å². The molecule has 1 aliphatic rings. The maximum absolute atomic E-state index is 5.99. The van der Waals surface area contributed by atoms with Gasteiger partial charge in [-0.15, -0.1) is 11.1 Å². The second kappa shape index (κ2) is 7.22. The van der Waals surface area contributed by atoms with Crippen LogP contribution in [0, 0.1) is 22.9 Å². The van der Waals surface area contributed by atoms with Crippen LogP contribution in [0.4, 0.5) is 0 Å². The van der Waals surface area contributed by atoms with Gasteiger partial charge in [0.05, 0.1) is 6.61 Å². The van der Waals surface area contributed by atoms with Crippen LogP contribution in [0.1, 0.15) is 34.6 Å². The maximum atomic E-state index is 5.99. The molecule has 0 aliphatic carbocycles. The van der Waals surface area contributed by atoms with Crippen molar-refractivity contribution < 1.29 is 9.47 Å². The fraction of sp³-hybridized carbons (Fsp3) is 0.700. The van der Waals surface area contributed by atoms with E-state index in [1.165, 1.54) is 0 Å². The number of hydrogen-bond acceptors (Lipinski definition) is 2. The van der Waals surface area contributed by atoms with Gasteiger partial charge in [-0.3, -0.25) is 0 Å². The molecular formula is C20H34O2Si2. The van der Waals surface area contributed by atoms with Crippen molar-refractivity contribution in [3.05, 3.63) is 11.6 Å². The molecule has 0 radical (unpaired) electrons. The molecule has 1 fully saturated rings. The lowest BCUT2D eigenvalue weighted by molar-refractivity contribution is -0.133. The third kappa shape index (κ3) is 6.61. The summed E-state index contributed by atoms with van der Waals surface area (Å²) in [4.78, 5) is 0. The Bertz CT molecular complexity index is 608. The molecule has 2 nitrogen and oxygen atoms in total. The molecule has 0 unspecified atom stereocenters. The van der Waals surface area contributed by atoms with E-state index in [0.717, 1.165) is 5.57 Å². The van der Waals surface area contributed by atoms with Gasteiger partial charge in [-0.2, -0.15) is 0 Å². The van der Waals surface area contributed by atoms with Crippen molar-refractivity contribution in [1.82, 2.24) is 0 Å². The van der Waals surface area contributed by atoms with Gasteiger partial charge in [-0.05, 0) is 18.9 Å². The van der Waals surface area contributed by atoms with E-state index in [-0.39, 0.29) is 11.1 Å². The summed E-state index contributed by atoms with van der Waals surface area (Å²) in [6.07, 6.45) is 1.85. The van der Waals surface area contributed by atoms with Gasteiger partial charge in [0.25, 0.3) is 0 Å². The van der Waals surface area contributed by atoms with Gasteiger partial charge in [0.15, 0.2) is 5.79 Å². The molecule has 1 heterocycles. The van der Waals surface area contributed by atoms with Crippen LogP contribution in [0.15, 0.2) is 11.6 Å². The molecule has 134 valence electrons. The number of rotatable bonds is 1. The van der Waals surface area contributed by atoms with E-state index in [4.69, 9.17) is 9.47 Å². The fourth-order valence-electron chi connectivity index (χ4n) is 1.79. The number of hydrogen-bond donors (Lipinski definition) is 0. The van der Waals surface area contributed by atoms with Crippen molar-refractivity contribution in [2.75, 3.05) is 6.61 Å². The summed E-state index contributed by atoms with van der Waals surface area (Å²) in [7, 11) is -3.07. The highest BCUT2D eigenvalue weighted by molar-refractivity contribution is 6.87. The smallest absolute Gasteiger partial charge is 0.163 e. The highest BCUT2D eigenvalue weighted by atomic mass is 28.3. The van der Waals surface area contributed by atoms with Crippen LogP contribution >= 0.6 is 0 Å². The molecule has 0 amide bonds. The molecule has 0 N–H and O–H groups in total. The fourth-order valence-corrected chi connectivity index (χ4v) is 3.12. The normalized spacial score (nSPS) is 21.6. The summed E-state index contributed by atoms with van der Waals surface area (Å²) in [5, 5.41) is 0.257. The van der Waals surface area contributed by atoms with Crippen LogP contribution in [0.3, 0.4) is 0 Å². The van der Waals surface area contributed by atoms with Gasteiger partial charge in [0.2, 0.25) is 0 Å². The lowest BCUT2D eigenvalue weighted by Gasteiger charge is -2.31. The largest absolute Gasteiger partial charge is 0.347 e. The summed E-state index contributed by atoms with van der Waals surface area (Å²) < 4.78 is 11.7. The third-order valence-corrected chi connectivity index (χ3v) is 9.82. The lowest BCUT2D eigenvalue weighted by Crippen LogP contribution is -2.35. The number of allylic oxidation sites excluding steroid dienone is 1. The zero-order valence-electron chi connectivity index (χ0n) is 17.2. The second-order valence-corrected chi connectivity index (χ2v) is 19.3. The average molecular weight is 363 g/mol. The molecular weight excluding hydrogens is 328 g/mol. The predicted molar refractivity (Wildman–Crippen MR) is 109 cm³/mol. The van der Waals surface area contributed by atoms with E-state index in [9.17, 15) is 0 Å². The molecule has 4 heteroatoms. The highest BCUT2D eigenvalue weighted by Crippen LogP contribution is 2.35. The van der Waals surface area contributed by atoms with Crippen LogP contribution in [-0.4, -0.2) is 34.6 Å². The van der Waals surface area contributed by atoms with Gasteiger partial charge in [0.1, 0.15) is 22.3 Å². The van der Waals surface area contributed by atoms with E-state index in [2.05, 4.69) is 76.4 Å². The van der Waals surface area contributed by atoms with Crippen LogP contribution in [-0.2, 0) is 9.47 Å². The van der Waals surface area contributed by atoms with Gasteiger partial charge in [0, 0.05) is 11.6 Å². The third-order valence-electron chi connectivity index (χ3n) is 4.42. The molecule has 24 heavy (non-hydrogen) atoms.